The Labute approximate surface area is 195 Å². The van der Waals surface area contributed by atoms with Gasteiger partial charge in [0.1, 0.15) is 39.3 Å². The number of imidazole rings is 1. The fourth-order valence-electron chi connectivity index (χ4n) is 3.89. The number of sulfone groups is 1. The molecule has 1 N–H and O–H groups in total. The molecule has 1 amide bonds. The molecule has 0 aliphatic carbocycles. The van der Waals surface area contributed by atoms with Crippen LogP contribution < -0.4 is 14.8 Å². The number of amides is 1. The highest BCUT2D eigenvalue weighted by atomic mass is 32.2. The lowest BCUT2D eigenvalue weighted by Gasteiger charge is -2.34. The summed E-state index contributed by atoms with van der Waals surface area (Å²) in [4.78, 5) is 17.4. The van der Waals surface area contributed by atoms with E-state index in [4.69, 9.17) is 4.74 Å². The van der Waals surface area contributed by atoms with Crippen LogP contribution in [-0.4, -0.2) is 47.4 Å². The maximum Gasteiger partial charge on any atom is 0.387 e. The zero-order valence-corrected chi connectivity index (χ0v) is 19.6. The number of rotatable bonds is 7. The second-order valence-corrected chi connectivity index (χ2v) is 10.9. The Morgan fingerprint density at radius 3 is 2.62 bits per heavy atom. The lowest BCUT2D eigenvalue weighted by Crippen LogP contribution is -2.51. The van der Waals surface area contributed by atoms with Gasteiger partial charge in [-0.05, 0) is 44.9 Å². The number of ether oxygens (including phenoxy) is 2. The van der Waals surface area contributed by atoms with Crippen LogP contribution in [0, 0.1) is 6.92 Å². The third-order valence-corrected chi connectivity index (χ3v) is 7.63. The number of hydrogen-bond donors (Lipinski definition) is 1. The molecule has 0 radical (unpaired) electrons. The molecular weight excluding hydrogens is 468 g/mol. The number of carbonyl (C=O) groups is 1. The molecule has 182 valence electrons. The molecule has 1 aliphatic heterocycles. The van der Waals surface area contributed by atoms with E-state index >= 15 is 0 Å². The second-order valence-electron chi connectivity index (χ2n) is 8.58. The standard InChI is InChI=1S/C23H25F2N3O5S/c1-15-20(21(29)27-23(2)9-11-34(30,31)12-10-23)26-19-8-7-17(13-28(15)19)32-14-16-5-3-4-6-18(16)33-22(24)25/h3-8,13,22H,9-12,14H2,1-2H3,(H,27,29). The molecule has 8 nitrogen and oxygen atoms in total. The third-order valence-electron chi connectivity index (χ3n) is 5.97. The van der Waals surface area contributed by atoms with Gasteiger partial charge in [0.25, 0.3) is 5.91 Å². The van der Waals surface area contributed by atoms with Gasteiger partial charge in [-0.2, -0.15) is 8.78 Å². The maximum absolute atomic E-state index is 12.9. The van der Waals surface area contributed by atoms with Gasteiger partial charge in [0, 0.05) is 11.1 Å². The first-order valence-electron chi connectivity index (χ1n) is 10.7. The van der Waals surface area contributed by atoms with E-state index in [0.29, 0.717) is 35.5 Å². The Hall–Kier alpha value is -3.21. The number of aromatic nitrogens is 2. The molecule has 11 heteroatoms. The number of halogens is 2. The minimum Gasteiger partial charge on any atom is -0.487 e. The first-order chi connectivity index (χ1) is 16.1. The van der Waals surface area contributed by atoms with E-state index in [-0.39, 0.29) is 35.5 Å². The normalized spacial score (nSPS) is 17.0. The molecular formula is C23H25F2N3O5S. The SMILES string of the molecule is Cc1c(C(=O)NC2(C)CCS(=O)(=O)CC2)nc2ccc(OCc3ccccc3OC(F)F)cn12. The van der Waals surface area contributed by atoms with Gasteiger partial charge < -0.3 is 14.8 Å². The van der Waals surface area contributed by atoms with Crippen LogP contribution in [0.3, 0.4) is 0 Å². The van der Waals surface area contributed by atoms with Crippen LogP contribution in [0.4, 0.5) is 8.78 Å². The van der Waals surface area contributed by atoms with Crippen molar-refractivity contribution in [2.45, 2.75) is 45.4 Å². The Morgan fingerprint density at radius 1 is 1.21 bits per heavy atom. The molecule has 34 heavy (non-hydrogen) atoms. The summed E-state index contributed by atoms with van der Waals surface area (Å²) in [5.74, 6) is 0.209. The van der Waals surface area contributed by atoms with Gasteiger partial charge >= 0.3 is 6.61 Å². The summed E-state index contributed by atoms with van der Waals surface area (Å²) in [6.07, 6.45) is 2.37. The summed E-state index contributed by atoms with van der Waals surface area (Å²) in [5.41, 5.74) is 1.21. The van der Waals surface area contributed by atoms with Crippen molar-refractivity contribution in [2.75, 3.05) is 11.5 Å². The van der Waals surface area contributed by atoms with Crippen molar-refractivity contribution >= 4 is 21.4 Å². The fourth-order valence-corrected chi connectivity index (χ4v) is 5.61. The molecule has 0 bridgehead atoms. The van der Waals surface area contributed by atoms with E-state index in [9.17, 15) is 22.0 Å². The fraction of sp³-hybridized carbons (Fsp3) is 0.391. The van der Waals surface area contributed by atoms with E-state index in [1.807, 2.05) is 6.92 Å². The van der Waals surface area contributed by atoms with Crippen molar-refractivity contribution in [1.82, 2.24) is 14.7 Å². The Morgan fingerprint density at radius 2 is 1.91 bits per heavy atom. The van der Waals surface area contributed by atoms with Crippen LogP contribution in [0.25, 0.3) is 5.65 Å². The Kier molecular flexibility index (Phi) is 6.48. The summed E-state index contributed by atoms with van der Waals surface area (Å²) in [6.45, 7) is 0.664. The van der Waals surface area contributed by atoms with Gasteiger partial charge in [0.05, 0.1) is 23.4 Å². The molecule has 3 heterocycles. The number of para-hydroxylation sites is 1. The minimum absolute atomic E-state index is 0.0107. The highest BCUT2D eigenvalue weighted by Crippen LogP contribution is 2.26. The number of carbonyl (C=O) groups excluding carboxylic acids is 1. The van der Waals surface area contributed by atoms with Crippen molar-refractivity contribution < 1.29 is 31.5 Å². The number of hydrogen-bond acceptors (Lipinski definition) is 6. The average Bonchev–Trinajstić information content (AvgIpc) is 3.11. The maximum atomic E-state index is 12.9. The number of nitrogens with zero attached hydrogens (tertiary/aromatic N) is 2. The Balaban J connectivity index is 1.49. The van der Waals surface area contributed by atoms with E-state index in [1.165, 1.54) is 6.07 Å². The van der Waals surface area contributed by atoms with Crippen molar-refractivity contribution in [2.24, 2.45) is 0 Å². The van der Waals surface area contributed by atoms with Crippen molar-refractivity contribution in [1.29, 1.82) is 0 Å². The smallest absolute Gasteiger partial charge is 0.387 e. The van der Waals surface area contributed by atoms with E-state index < -0.39 is 22.0 Å². The first kappa shape index (κ1) is 23.9. The molecule has 2 aromatic heterocycles. The van der Waals surface area contributed by atoms with Gasteiger partial charge in [0.15, 0.2) is 0 Å². The lowest BCUT2D eigenvalue weighted by atomic mass is 9.94. The van der Waals surface area contributed by atoms with E-state index in [2.05, 4.69) is 15.0 Å². The van der Waals surface area contributed by atoms with Crippen molar-refractivity contribution in [3.63, 3.8) is 0 Å². The predicted molar refractivity (Wildman–Crippen MR) is 121 cm³/mol. The average molecular weight is 494 g/mol. The van der Waals surface area contributed by atoms with E-state index in [1.54, 1.807) is 47.9 Å². The number of alkyl halides is 2. The van der Waals surface area contributed by atoms with Crippen molar-refractivity contribution in [3.8, 4) is 11.5 Å². The van der Waals surface area contributed by atoms with Gasteiger partial charge in [-0.3, -0.25) is 9.20 Å². The number of benzene rings is 1. The highest BCUT2D eigenvalue weighted by molar-refractivity contribution is 7.91. The second kappa shape index (κ2) is 9.21. The van der Waals surface area contributed by atoms with Crippen molar-refractivity contribution in [3.05, 3.63) is 59.5 Å². The molecule has 0 spiro atoms. The van der Waals surface area contributed by atoms with Crippen LogP contribution in [-0.2, 0) is 16.4 Å². The number of fused-ring (bicyclic) bond motifs is 1. The van der Waals surface area contributed by atoms with Crippen LogP contribution in [0.15, 0.2) is 42.6 Å². The molecule has 3 aromatic rings. The molecule has 1 fully saturated rings. The summed E-state index contributed by atoms with van der Waals surface area (Å²) in [5, 5.41) is 2.95. The quantitative estimate of drug-likeness (QED) is 0.541. The lowest BCUT2D eigenvalue weighted by molar-refractivity contribution is -0.0508. The molecule has 0 saturated carbocycles. The summed E-state index contributed by atoms with van der Waals surface area (Å²) < 4.78 is 60.7. The monoisotopic (exact) mass is 493 g/mol. The van der Waals surface area contributed by atoms with Crippen LogP contribution in [0.5, 0.6) is 11.5 Å². The van der Waals surface area contributed by atoms with E-state index in [0.717, 1.165) is 0 Å². The van der Waals surface area contributed by atoms with Crippen LogP contribution in [0.1, 0.15) is 41.5 Å². The largest absolute Gasteiger partial charge is 0.487 e. The number of aryl methyl sites for hydroxylation is 1. The molecule has 4 rings (SSSR count). The minimum atomic E-state index is -3.05. The molecule has 1 aromatic carbocycles. The first-order valence-corrected chi connectivity index (χ1v) is 12.5. The predicted octanol–water partition coefficient (Wildman–Crippen LogP) is 3.52. The Bertz CT molecular complexity index is 1310. The van der Waals surface area contributed by atoms with Gasteiger partial charge in [-0.15, -0.1) is 0 Å². The zero-order chi connectivity index (χ0) is 24.5. The van der Waals surface area contributed by atoms with Crippen LogP contribution in [0.2, 0.25) is 0 Å². The van der Waals surface area contributed by atoms with Gasteiger partial charge in [-0.25, -0.2) is 13.4 Å². The summed E-state index contributed by atoms with van der Waals surface area (Å²) >= 11 is 0. The zero-order valence-electron chi connectivity index (χ0n) is 18.8. The molecule has 1 aliphatic rings. The molecule has 0 atom stereocenters. The number of nitrogens with one attached hydrogen (secondary N) is 1. The van der Waals surface area contributed by atoms with Gasteiger partial charge in [-0.1, -0.05) is 18.2 Å². The van der Waals surface area contributed by atoms with Gasteiger partial charge in [0.2, 0.25) is 0 Å². The summed E-state index contributed by atoms with van der Waals surface area (Å²) in [7, 11) is -3.05. The number of pyridine rings is 1. The third kappa shape index (κ3) is 5.30. The summed E-state index contributed by atoms with van der Waals surface area (Å²) in [6, 6.07) is 9.75. The topological polar surface area (TPSA) is 99.0 Å². The highest BCUT2D eigenvalue weighted by Gasteiger charge is 2.35. The molecule has 1 saturated heterocycles. The molecule has 0 unspecified atom stereocenters. The van der Waals surface area contributed by atoms with Crippen LogP contribution >= 0.6 is 0 Å².